The van der Waals surface area contributed by atoms with Crippen molar-refractivity contribution in [2.24, 2.45) is 5.92 Å². The van der Waals surface area contributed by atoms with Crippen LogP contribution >= 0.6 is 0 Å². The minimum atomic E-state index is 0.622. The van der Waals surface area contributed by atoms with Gasteiger partial charge in [0.1, 0.15) is 11.5 Å². The maximum Gasteiger partial charge on any atom is 0.219 e. The van der Waals surface area contributed by atoms with E-state index in [1.54, 1.807) is 13.3 Å². The molecule has 3 nitrogen and oxygen atoms in total. The van der Waals surface area contributed by atoms with Crippen LogP contribution in [0.25, 0.3) is 0 Å². The van der Waals surface area contributed by atoms with Gasteiger partial charge < -0.3 is 9.47 Å². The Kier molecular flexibility index (Phi) is 4.39. The molecule has 0 saturated heterocycles. The van der Waals surface area contributed by atoms with Crippen molar-refractivity contribution in [3.63, 3.8) is 0 Å². The Hall–Kier alpha value is -2.03. The van der Waals surface area contributed by atoms with Crippen LogP contribution in [0.3, 0.4) is 0 Å². The number of benzene rings is 1. The Balaban J connectivity index is 2.09. The quantitative estimate of drug-likeness (QED) is 0.808. The van der Waals surface area contributed by atoms with Gasteiger partial charge in [0, 0.05) is 12.3 Å². The lowest BCUT2D eigenvalue weighted by molar-refractivity contribution is 0.412. The molecular formula is C16H19NO2. The van der Waals surface area contributed by atoms with E-state index in [9.17, 15) is 0 Å². The van der Waals surface area contributed by atoms with Crippen LogP contribution in [0.2, 0.25) is 0 Å². The summed E-state index contributed by atoms with van der Waals surface area (Å²) < 4.78 is 10.8. The van der Waals surface area contributed by atoms with Crippen molar-refractivity contribution in [3.8, 4) is 17.4 Å². The van der Waals surface area contributed by atoms with Crippen molar-refractivity contribution in [1.82, 2.24) is 4.98 Å². The molecule has 0 aliphatic carbocycles. The molecule has 0 N–H and O–H groups in total. The highest BCUT2D eigenvalue weighted by molar-refractivity contribution is 5.34. The van der Waals surface area contributed by atoms with Crippen LogP contribution in [0.15, 0.2) is 42.6 Å². The van der Waals surface area contributed by atoms with Gasteiger partial charge in [0.2, 0.25) is 5.88 Å². The SMILES string of the molecule is COc1ccc(Oc2cc(CC(C)C)ccn2)cc1. The Morgan fingerprint density at radius 2 is 1.74 bits per heavy atom. The van der Waals surface area contributed by atoms with Crippen molar-refractivity contribution in [1.29, 1.82) is 0 Å². The van der Waals surface area contributed by atoms with E-state index in [0.717, 1.165) is 17.9 Å². The lowest BCUT2D eigenvalue weighted by Crippen LogP contribution is -1.95. The van der Waals surface area contributed by atoms with Gasteiger partial charge in [0.15, 0.2) is 0 Å². The second-order valence-electron chi connectivity index (χ2n) is 4.88. The fourth-order valence-electron chi connectivity index (χ4n) is 1.87. The van der Waals surface area contributed by atoms with Crippen molar-refractivity contribution >= 4 is 0 Å². The number of aromatic nitrogens is 1. The van der Waals surface area contributed by atoms with E-state index in [4.69, 9.17) is 9.47 Å². The summed E-state index contributed by atoms with van der Waals surface area (Å²) in [6, 6.07) is 11.5. The molecule has 100 valence electrons. The Morgan fingerprint density at radius 1 is 1.05 bits per heavy atom. The molecule has 3 heteroatoms. The van der Waals surface area contributed by atoms with Gasteiger partial charge in [-0.15, -0.1) is 0 Å². The zero-order chi connectivity index (χ0) is 13.7. The minimum Gasteiger partial charge on any atom is -0.497 e. The first-order valence-electron chi connectivity index (χ1n) is 6.44. The number of nitrogens with zero attached hydrogens (tertiary/aromatic N) is 1. The predicted octanol–water partition coefficient (Wildman–Crippen LogP) is 4.08. The lowest BCUT2D eigenvalue weighted by Gasteiger charge is -2.08. The van der Waals surface area contributed by atoms with Gasteiger partial charge in [-0.05, 0) is 48.2 Å². The van der Waals surface area contributed by atoms with E-state index < -0.39 is 0 Å². The second kappa shape index (κ2) is 6.23. The van der Waals surface area contributed by atoms with Crippen LogP contribution in [0.4, 0.5) is 0 Å². The molecule has 2 aromatic rings. The monoisotopic (exact) mass is 257 g/mol. The number of hydrogen-bond acceptors (Lipinski definition) is 3. The molecular weight excluding hydrogens is 238 g/mol. The third-order valence-corrected chi connectivity index (χ3v) is 2.73. The third-order valence-electron chi connectivity index (χ3n) is 2.73. The fraction of sp³-hybridized carbons (Fsp3) is 0.312. The average molecular weight is 257 g/mol. The summed E-state index contributed by atoms with van der Waals surface area (Å²) in [5.41, 5.74) is 1.24. The molecule has 0 unspecified atom stereocenters. The van der Waals surface area contributed by atoms with Gasteiger partial charge in [-0.25, -0.2) is 4.98 Å². The summed E-state index contributed by atoms with van der Waals surface area (Å²) in [6.45, 7) is 4.40. The van der Waals surface area contributed by atoms with Crippen molar-refractivity contribution in [3.05, 3.63) is 48.2 Å². The van der Waals surface area contributed by atoms with Gasteiger partial charge in [-0.3, -0.25) is 0 Å². The van der Waals surface area contributed by atoms with Crippen molar-refractivity contribution < 1.29 is 9.47 Å². The van der Waals surface area contributed by atoms with Crippen LogP contribution < -0.4 is 9.47 Å². The Labute approximate surface area is 114 Å². The van der Waals surface area contributed by atoms with E-state index in [-0.39, 0.29) is 0 Å². The maximum absolute atomic E-state index is 5.73. The summed E-state index contributed by atoms with van der Waals surface area (Å²) in [7, 11) is 1.65. The van der Waals surface area contributed by atoms with Gasteiger partial charge in [-0.2, -0.15) is 0 Å². The molecule has 0 aliphatic heterocycles. The second-order valence-corrected chi connectivity index (χ2v) is 4.88. The Morgan fingerprint density at radius 3 is 2.37 bits per heavy atom. The van der Waals surface area contributed by atoms with Gasteiger partial charge >= 0.3 is 0 Å². The molecule has 0 amide bonds. The Bertz CT molecular complexity index is 521. The van der Waals surface area contributed by atoms with E-state index in [1.165, 1.54) is 5.56 Å². The normalized spacial score (nSPS) is 10.5. The number of ether oxygens (including phenoxy) is 2. The van der Waals surface area contributed by atoms with Gasteiger partial charge in [-0.1, -0.05) is 13.8 Å². The van der Waals surface area contributed by atoms with Crippen LogP contribution in [0.1, 0.15) is 19.4 Å². The summed E-state index contributed by atoms with van der Waals surface area (Å²) in [4.78, 5) is 4.23. The topological polar surface area (TPSA) is 31.4 Å². The first-order valence-corrected chi connectivity index (χ1v) is 6.44. The smallest absolute Gasteiger partial charge is 0.219 e. The molecule has 19 heavy (non-hydrogen) atoms. The molecule has 1 heterocycles. The molecule has 0 atom stereocenters. The molecule has 1 aromatic heterocycles. The maximum atomic E-state index is 5.73. The number of pyridine rings is 1. The number of hydrogen-bond donors (Lipinski definition) is 0. The highest BCUT2D eigenvalue weighted by atomic mass is 16.5. The standard InChI is InChI=1S/C16H19NO2/c1-12(2)10-13-8-9-17-16(11-13)19-15-6-4-14(18-3)5-7-15/h4-9,11-12H,10H2,1-3H3. The summed E-state index contributed by atoms with van der Waals surface area (Å²) >= 11 is 0. The largest absolute Gasteiger partial charge is 0.497 e. The number of methoxy groups -OCH3 is 1. The first kappa shape index (κ1) is 13.4. The molecule has 0 saturated carbocycles. The first-order chi connectivity index (χ1) is 9.17. The molecule has 0 fully saturated rings. The summed E-state index contributed by atoms with van der Waals surface area (Å²) in [6.07, 6.45) is 2.82. The van der Waals surface area contributed by atoms with Crippen LogP contribution in [-0.4, -0.2) is 12.1 Å². The highest BCUT2D eigenvalue weighted by Crippen LogP contribution is 2.23. The molecule has 0 spiro atoms. The average Bonchev–Trinajstić information content (AvgIpc) is 2.39. The molecule has 0 bridgehead atoms. The van der Waals surface area contributed by atoms with Crippen molar-refractivity contribution in [2.75, 3.05) is 7.11 Å². The minimum absolute atomic E-state index is 0.622. The third kappa shape index (κ3) is 3.98. The van der Waals surface area contributed by atoms with E-state index >= 15 is 0 Å². The van der Waals surface area contributed by atoms with Gasteiger partial charge in [0.25, 0.3) is 0 Å². The van der Waals surface area contributed by atoms with E-state index in [1.807, 2.05) is 36.4 Å². The summed E-state index contributed by atoms with van der Waals surface area (Å²) in [5.74, 6) is 2.82. The molecule has 0 aliphatic rings. The zero-order valence-corrected chi connectivity index (χ0v) is 11.6. The van der Waals surface area contributed by atoms with Crippen LogP contribution in [-0.2, 0) is 6.42 Å². The number of rotatable bonds is 5. The molecule has 0 radical (unpaired) electrons. The zero-order valence-electron chi connectivity index (χ0n) is 11.6. The van der Waals surface area contributed by atoms with E-state index in [2.05, 4.69) is 18.8 Å². The highest BCUT2D eigenvalue weighted by Gasteiger charge is 2.03. The van der Waals surface area contributed by atoms with E-state index in [0.29, 0.717) is 11.8 Å². The lowest BCUT2D eigenvalue weighted by atomic mass is 10.0. The summed E-state index contributed by atoms with van der Waals surface area (Å²) in [5, 5.41) is 0. The van der Waals surface area contributed by atoms with Gasteiger partial charge in [0.05, 0.1) is 7.11 Å². The van der Waals surface area contributed by atoms with Crippen LogP contribution in [0, 0.1) is 5.92 Å². The molecule has 1 aromatic carbocycles. The fourth-order valence-corrected chi connectivity index (χ4v) is 1.87. The van der Waals surface area contributed by atoms with Crippen molar-refractivity contribution in [2.45, 2.75) is 20.3 Å². The molecule has 2 rings (SSSR count). The predicted molar refractivity (Wildman–Crippen MR) is 75.8 cm³/mol. The van der Waals surface area contributed by atoms with Crippen LogP contribution in [0.5, 0.6) is 17.4 Å².